The van der Waals surface area contributed by atoms with Crippen molar-refractivity contribution in [1.29, 1.82) is 0 Å². The molecular formula is C14H21F2N7O3. The van der Waals surface area contributed by atoms with Gasteiger partial charge in [0.15, 0.2) is 11.5 Å². The number of aliphatic hydroxyl groups is 2. The third-order valence-electron chi connectivity index (χ3n) is 4.52. The summed E-state index contributed by atoms with van der Waals surface area (Å²) in [6.07, 6.45) is -2.40. The lowest BCUT2D eigenvalue weighted by atomic mass is 10.0. The number of nitrogens with one attached hydrogen (secondary N) is 1. The molecule has 1 saturated heterocycles. The molecule has 0 spiro atoms. The molecule has 2 aromatic heterocycles. The standard InChI is InChI=1S/C14H21F2N7O3/c1-19-14(23-6-22-9-11(18)20-5-21-12(9)23)3-8(25)10(26-14)7(24)2-13(15,16)4-17/h5-8,10,19,24-25H,2-4,17H2,1H3,(H2,18,20,21)/t7?,8-,10+,14-/m0/s1. The molecule has 1 unspecified atom stereocenters. The van der Waals surface area contributed by atoms with Gasteiger partial charge in [0.25, 0.3) is 5.92 Å². The summed E-state index contributed by atoms with van der Waals surface area (Å²) in [6, 6.07) is 0. The Hall–Kier alpha value is -1.99. The highest BCUT2D eigenvalue weighted by Gasteiger charge is 2.51. The lowest BCUT2D eigenvalue weighted by molar-refractivity contribution is -0.165. The summed E-state index contributed by atoms with van der Waals surface area (Å²) >= 11 is 0. The Bertz CT molecular complexity index is 789. The maximum Gasteiger partial charge on any atom is 0.262 e. The minimum atomic E-state index is -3.27. The van der Waals surface area contributed by atoms with Gasteiger partial charge in [-0.3, -0.25) is 9.88 Å². The Morgan fingerprint density at radius 1 is 1.50 bits per heavy atom. The monoisotopic (exact) mass is 373 g/mol. The van der Waals surface area contributed by atoms with Crippen molar-refractivity contribution in [3.63, 3.8) is 0 Å². The summed E-state index contributed by atoms with van der Waals surface area (Å²) in [5.74, 6) is -4.45. The summed E-state index contributed by atoms with van der Waals surface area (Å²) in [5.41, 5.74) is 11.4. The van der Waals surface area contributed by atoms with Gasteiger partial charge in [-0.05, 0) is 7.05 Å². The van der Waals surface area contributed by atoms with Crippen molar-refractivity contribution >= 4 is 17.0 Å². The molecule has 26 heavy (non-hydrogen) atoms. The number of aliphatic hydroxyl groups excluding tert-OH is 2. The fourth-order valence-electron chi connectivity index (χ4n) is 3.15. The number of imidazole rings is 1. The van der Waals surface area contributed by atoms with Crippen molar-refractivity contribution in [3.8, 4) is 0 Å². The van der Waals surface area contributed by atoms with Gasteiger partial charge in [-0.2, -0.15) is 0 Å². The average Bonchev–Trinajstić information content (AvgIpc) is 3.17. The van der Waals surface area contributed by atoms with Crippen molar-refractivity contribution in [3.05, 3.63) is 12.7 Å². The van der Waals surface area contributed by atoms with Crippen LogP contribution in [0.15, 0.2) is 12.7 Å². The van der Waals surface area contributed by atoms with E-state index < -0.39 is 43.0 Å². The van der Waals surface area contributed by atoms with Crippen LogP contribution < -0.4 is 16.8 Å². The van der Waals surface area contributed by atoms with Gasteiger partial charge in [-0.25, -0.2) is 23.7 Å². The van der Waals surface area contributed by atoms with Crippen molar-refractivity contribution in [2.45, 2.75) is 42.9 Å². The zero-order valence-electron chi connectivity index (χ0n) is 14.0. The van der Waals surface area contributed by atoms with Crippen LogP contribution in [0.25, 0.3) is 11.2 Å². The third kappa shape index (κ3) is 3.10. The second-order valence-corrected chi connectivity index (χ2v) is 6.27. The molecule has 3 rings (SSSR count). The molecule has 4 atom stereocenters. The zero-order chi connectivity index (χ0) is 19.1. The highest BCUT2D eigenvalue weighted by Crippen LogP contribution is 2.37. The van der Waals surface area contributed by atoms with E-state index in [1.165, 1.54) is 17.2 Å². The van der Waals surface area contributed by atoms with Gasteiger partial charge < -0.3 is 26.4 Å². The van der Waals surface area contributed by atoms with E-state index in [0.29, 0.717) is 11.2 Å². The van der Waals surface area contributed by atoms with Crippen molar-refractivity contribution < 1.29 is 23.7 Å². The molecule has 0 aliphatic carbocycles. The van der Waals surface area contributed by atoms with Gasteiger partial charge >= 0.3 is 0 Å². The number of aromatic nitrogens is 4. The number of hydrogen-bond donors (Lipinski definition) is 5. The summed E-state index contributed by atoms with van der Waals surface area (Å²) < 4.78 is 34.3. The number of nitrogens with zero attached hydrogens (tertiary/aromatic N) is 4. The van der Waals surface area contributed by atoms with E-state index in [9.17, 15) is 19.0 Å². The first kappa shape index (κ1) is 18.8. The van der Waals surface area contributed by atoms with Crippen LogP contribution in [0.1, 0.15) is 12.8 Å². The first-order chi connectivity index (χ1) is 12.2. The van der Waals surface area contributed by atoms with Gasteiger partial charge in [0.1, 0.15) is 24.3 Å². The number of hydrogen-bond acceptors (Lipinski definition) is 9. The van der Waals surface area contributed by atoms with Crippen LogP contribution in [0.3, 0.4) is 0 Å². The minimum absolute atomic E-state index is 0.0329. The van der Waals surface area contributed by atoms with Crippen LogP contribution >= 0.6 is 0 Å². The normalized spacial score (nSPS) is 27.9. The number of alkyl halides is 2. The summed E-state index contributed by atoms with van der Waals surface area (Å²) in [6.45, 7) is -0.910. The van der Waals surface area contributed by atoms with Crippen LogP contribution in [-0.2, 0) is 10.6 Å². The van der Waals surface area contributed by atoms with E-state index in [1.807, 2.05) is 0 Å². The van der Waals surface area contributed by atoms with Crippen molar-refractivity contribution in [2.75, 3.05) is 19.3 Å². The van der Waals surface area contributed by atoms with Gasteiger partial charge in [0, 0.05) is 12.8 Å². The maximum absolute atomic E-state index is 13.5. The zero-order valence-corrected chi connectivity index (χ0v) is 14.0. The Morgan fingerprint density at radius 2 is 2.23 bits per heavy atom. The number of halogens is 2. The fraction of sp³-hybridized carbons (Fsp3) is 0.643. The lowest BCUT2D eigenvalue weighted by Crippen LogP contribution is -2.47. The van der Waals surface area contributed by atoms with Crippen LogP contribution in [-0.4, -0.2) is 67.6 Å². The predicted molar refractivity (Wildman–Crippen MR) is 86.9 cm³/mol. The Morgan fingerprint density at radius 3 is 2.88 bits per heavy atom. The van der Waals surface area contributed by atoms with Crippen LogP contribution in [0, 0.1) is 0 Å². The first-order valence-electron chi connectivity index (χ1n) is 7.98. The summed E-state index contributed by atoms with van der Waals surface area (Å²) in [7, 11) is 1.56. The second-order valence-electron chi connectivity index (χ2n) is 6.27. The molecule has 1 fully saturated rings. The Balaban J connectivity index is 1.92. The Labute approximate surface area is 147 Å². The molecule has 10 nitrogen and oxygen atoms in total. The van der Waals surface area contributed by atoms with E-state index in [0.717, 1.165) is 0 Å². The quantitative estimate of drug-likeness (QED) is 0.416. The van der Waals surface area contributed by atoms with Gasteiger partial charge in [-0.1, -0.05) is 0 Å². The molecular weight excluding hydrogens is 352 g/mol. The van der Waals surface area contributed by atoms with E-state index >= 15 is 0 Å². The second kappa shape index (κ2) is 6.63. The molecule has 7 N–H and O–H groups in total. The number of nitrogens with two attached hydrogens (primary N) is 2. The number of anilines is 1. The van der Waals surface area contributed by atoms with Gasteiger partial charge in [0.05, 0.1) is 18.8 Å². The average molecular weight is 373 g/mol. The van der Waals surface area contributed by atoms with Crippen molar-refractivity contribution in [1.82, 2.24) is 24.8 Å². The topological polar surface area (TPSA) is 157 Å². The number of rotatable bonds is 6. The third-order valence-corrected chi connectivity index (χ3v) is 4.52. The lowest BCUT2D eigenvalue weighted by Gasteiger charge is -2.31. The van der Waals surface area contributed by atoms with Crippen LogP contribution in [0.5, 0.6) is 0 Å². The molecule has 0 radical (unpaired) electrons. The molecule has 144 valence electrons. The minimum Gasteiger partial charge on any atom is -0.390 e. The number of nitrogen functional groups attached to an aromatic ring is 1. The molecule has 0 amide bonds. The molecule has 1 aliphatic heterocycles. The largest absolute Gasteiger partial charge is 0.390 e. The van der Waals surface area contributed by atoms with E-state index in [1.54, 1.807) is 7.05 Å². The van der Waals surface area contributed by atoms with Gasteiger partial charge in [0.2, 0.25) is 5.85 Å². The number of ether oxygens (including phenoxy) is 1. The summed E-state index contributed by atoms with van der Waals surface area (Å²) in [4.78, 5) is 12.1. The van der Waals surface area contributed by atoms with Crippen LogP contribution in [0.4, 0.5) is 14.6 Å². The highest BCUT2D eigenvalue weighted by atomic mass is 19.3. The van der Waals surface area contributed by atoms with E-state index in [4.69, 9.17) is 16.2 Å². The molecule has 2 aromatic rings. The Kier molecular flexibility index (Phi) is 4.79. The first-order valence-corrected chi connectivity index (χ1v) is 7.98. The van der Waals surface area contributed by atoms with Crippen molar-refractivity contribution in [2.24, 2.45) is 5.73 Å². The van der Waals surface area contributed by atoms with Gasteiger partial charge in [-0.15, -0.1) is 0 Å². The fourth-order valence-corrected chi connectivity index (χ4v) is 3.15. The molecule has 1 aliphatic rings. The summed E-state index contributed by atoms with van der Waals surface area (Å²) in [5, 5.41) is 23.4. The van der Waals surface area contributed by atoms with E-state index in [2.05, 4.69) is 20.3 Å². The molecule has 0 saturated carbocycles. The maximum atomic E-state index is 13.5. The SMILES string of the molecule is CN[C@]1(n2cnc3c(N)ncnc32)C[C@H](O)[C@@H](C(O)CC(F)(F)CN)O1. The predicted octanol–water partition coefficient (Wildman–Crippen LogP) is -1.27. The van der Waals surface area contributed by atoms with E-state index in [-0.39, 0.29) is 12.2 Å². The molecule has 0 bridgehead atoms. The smallest absolute Gasteiger partial charge is 0.262 e. The molecule has 0 aromatic carbocycles. The van der Waals surface area contributed by atoms with Crippen LogP contribution in [0.2, 0.25) is 0 Å². The molecule has 12 heteroatoms. The number of fused-ring (bicyclic) bond motifs is 1. The molecule has 3 heterocycles. The highest BCUT2D eigenvalue weighted by molar-refractivity contribution is 5.81.